The van der Waals surface area contributed by atoms with Gasteiger partial charge in [0.15, 0.2) is 0 Å². The minimum Gasteiger partial charge on any atom is -0.302 e. The van der Waals surface area contributed by atoms with Crippen molar-refractivity contribution < 1.29 is 21.6 Å². The van der Waals surface area contributed by atoms with E-state index in [4.69, 9.17) is 0 Å². The van der Waals surface area contributed by atoms with Crippen LogP contribution in [0.2, 0.25) is 0 Å². The second-order valence-electron chi connectivity index (χ2n) is 8.68. The quantitative estimate of drug-likeness (QED) is 0.302. The molecule has 0 N–H and O–H groups in total. The van der Waals surface area contributed by atoms with Gasteiger partial charge in [0, 0.05) is 30.8 Å². The number of benzene rings is 1. The number of rotatable bonds is 13. The average Bonchev–Trinajstić information content (AvgIpc) is 3.01. The monoisotopic (exact) mass is 492 g/mol. The van der Waals surface area contributed by atoms with Gasteiger partial charge in [0.25, 0.3) is 0 Å². The molecule has 0 aliphatic heterocycles. The molecule has 0 saturated heterocycles. The molecule has 182 valence electrons. The Kier molecular flexibility index (Phi) is 9.85. The zero-order valence-corrected chi connectivity index (χ0v) is 21.0. The van der Waals surface area contributed by atoms with Crippen molar-refractivity contribution >= 4 is 36.4 Å². The molecule has 1 aromatic heterocycles. The molecule has 2 aromatic rings. The SMILES string of the molecule is CCCN(CCS(=O)(=O)N(CCCCC(F)(F)F)c1sc2ccccc2c1C)CC(C)C. The van der Waals surface area contributed by atoms with E-state index >= 15 is 0 Å². The number of aryl methyl sites for hydroxylation is 1. The van der Waals surface area contributed by atoms with Gasteiger partial charge in [-0.1, -0.05) is 39.0 Å². The Hall–Kier alpha value is -1.32. The summed E-state index contributed by atoms with van der Waals surface area (Å²) >= 11 is 1.39. The number of nitrogens with zero attached hydrogens (tertiary/aromatic N) is 2. The van der Waals surface area contributed by atoms with Gasteiger partial charge < -0.3 is 4.90 Å². The summed E-state index contributed by atoms with van der Waals surface area (Å²) in [5.74, 6) is 0.375. The van der Waals surface area contributed by atoms with Crippen LogP contribution < -0.4 is 4.31 Å². The highest BCUT2D eigenvalue weighted by molar-refractivity contribution is 7.93. The number of unbranched alkanes of at least 4 members (excludes halogenated alkanes) is 1. The first-order chi connectivity index (χ1) is 14.9. The molecule has 4 nitrogen and oxygen atoms in total. The van der Waals surface area contributed by atoms with Crippen LogP contribution in [0.3, 0.4) is 0 Å². The van der Waals surface area contributed by atoms with E-state index in [1.54, 1.807) is 0 Å². The Labute approximate surface area is 194 Å². The van der Waals surface area contributed by atoms with Crippen LogP contribution in [0.4, 0.5) is 18.2 Å². The lowest BCUT2D eigenvalue weighted by Gasteiger charge is -2.27. The highest BCUT2D eigenvalue weighted by Gasteiger charge is 2.29. The summed E-state index contributed by atoms with van der Waals surface area (Å²) in [5.41, 5.74) is 0.859. The standard InChI is InChI=1S/C23H35F3N2O2S2/c1-5-13-27(17-18(2)3)15-16-32(29,30)28(14-9-8-12-23(24,25)26)22-19(4)20-10-6-7-11-21(20)31-22/h6-7,10-11,18H,5,8-9,12-17H2,1-4H3. The number of alkyl halides is 3. The largest absolute Gasteiger partial charge is 0.389 e. The zero-order chi connectivity index (χ0) is 23.9. The molecule has 2 rings (SSSR count). The fourth-order valence-corrected chi connectivity index (χ4v) is 6.93. The third-order valence-corrected chi connectivity index (χ3v) is 8.43. The van der Waals surface area contributed by atoms with Gasteiger partial charge in [0.1, 0.15) is 5.00 Å². The predicted molar refractivity (Wildman–Crippen MR) is 129 cm³/mol. The zero-order valence-electron chi connectivity index (χ0n) is 19.4. The molecule has 0 spiro atoms. The number of anilines is 1. The maximum atomic E-state index is 13.4. The smallest absolute Gasteiger partial charge is 0.302 e. The Morgan fingerprint density at radius 1 is 1.06 bits per heavy atom. The van der Waals surface area contributed by atoms with E-state index in [9.17, 15) is 21.6 Å². The molecule has 0 amide bonds. The number of sulfonamides is 1. The first-order valence-electron chi connectivity index (χ1n) is 11.2. The van der Waals surface area contributed by atoms with E-state index in [0.29, 0.717) is 17.5 Å². The van der Waals surface area contributed by atoms with Crippen LogP contribution in [0.1, 0.15) is 52.0 Å². The molecule has 9 heteroatoms. The van der Waals surface area contributed by atoms with Crippen LogP contribution in [0.25, 0.3) is 10.1 Å². The lowest BCUT2D eigenvalue weighted by Crippen LogP contribution is -2.39. The molecule has 0 atom stereocenters. The van der Waals surface area contributed by atoms with Gasteiger partial charge in [0.2, 0.25) is 10.0 Å². The normalized spacial score (nSPS) is 12.9. The first-order valence-corrected chi connectivity index (χ1v) is 13.6. The molecule has 0 aliphatic rings. The summed E-state index contributed by atoms with van der Waals surface area (Å²) in [6.07, 6.45) is -4.12. The number of fused-ring (bicyclic) bond motifs is 1. The van der Waals surface area contributed by atoms with E-state index in [1.807, 2.05) is 31.2 Å². The van der Waals surface area contributed by atoms with Crippen molar-refractivity contribution in [3.05, 3.63) is 29.8 Å². The van der Waals surface area contributed by atoms with Crippen molar-refractivity contribution in [3.8, 4) is 0 Å². The Balaban J connectivity index is 2.26. The molecule has 0 aliphatic carbocycles. The van der Waals surface area contributed by atoms with Gasteiger partial charge in [-0.15, -0.1) is 11.3 Å². The lowest BCUT2D eigenvalue weighted by molar-refractivity contribution is -0.135. The molecule has 0 bridgehead atoms. The summed E-state index contributed by atoms with van der Waals surface area (Å²) in [6, 6.07) is 7.70. The third kappa shape index (κ3) is 7.92. The van der Waals surface area contributed by atoms with Crippen molar-refractivity contribution in [2.75, 3.05) is 36.2 Å². The average molecular weight is 493 g/mol. The van der Waals surface area contributed by atoms with E-state index in [2.05, 4.69) is 25.7 Å². The van der Waals surface area contributed by atoms with Crippen molar-refractivity contribution in [2.45, 2.75) is 59.6 Å². The minimum atomic E-state index is -4.23. The van der Waals surface area contributed by atoms with Gasteiger partial charge in [-0.25, -0.2) is 8.42 Å². The van der Waals surface area contributed by atoms with Gasteiger partial charge in [0.05, 0.1) is 5.75 Å². The molecule has 0 saturated carbocycles. The van der Waals surface area contributed by atoms with Crippen molar-refractivity contribution in [1.82, 2.24) is 4.90 Å². The summed E-state index contributed by atoms with van der Waals surface area (Å²) in [5, 5.41) is 1.60. The fourth-order valence-electron chi connectivity index (χ4n) is 3.83. The van der Waals surface area contributed by atoms with Crippen molar-refractivity contribution in [3.63, 3.8) is 0 Å². The maximum absolute atomic E-state index is 13.4. The van der Waals surface area contributed by atoms with E-state index < -0.39 is 22.6 Å². The van der Waals surface area contributed by atoms with Crippen molar-refractivity contribution in [1.29, 1.82) is 0 Å². The Morgan fingerprint density at radius 2 is 1.75 bits per heavy atom. The van der Waals surface area contributed by atoms with Crippen LogP contribution >= 0.6 is 11.3 Å². The topological polar surface area (TPSA) is 40.6 Å². The van der Waals surface area contributed by atoms with Crippen LogP contribution in [-0.4, -0.2) is 51.4 Å². The van der Waals surface area contributed by atoms with E-state index in [1.165, 1.54) is 15.6 Å². The highest BCUT2D eigenvalue weighted by atomic mass is 32.2. The van der Waals surface area contributed by atoms with Crippen LogP contribution in [0.5, 0.6) is 0 Å². The van der Waals surface area contributed by atoms with Gasteiger partial charge in [-0.3, -0.25) is 4.31 Å². The van der Waals surface area contributed by atoms with Crippen LogP contribution in [0.15, 0.2) is 24.3 Å². The molecular formula is C23H35F3N2O2S2. The summed E-state index contributed by atoms with van der Waals surface area (Å²) in [6.45, 7) is 10.3. The maximum Gasteiger partial charge on any atom is 0.389 e. The van der Waals surface area contributed by atoms with Crippen LogP contribution in [-0.2, 0) is 10.0 Å². The summed E-state index contributed by atoms with van der Waals surface area (Å²) < 4.78 is 67.0. The second-order valence-corrected chi connectivity index (χ2v) is 11.7. The Morgan fingerprint density at radius 3 is 2.34 bits per heavy atom. The molecule has 32 heavy (non-hydrogen) atoms. The minimum absolute atomic E-state index is 0.0489. The van der Waals surface area contributed by atoms with Gasteiger partial charge >= 0.3 is 6.18 Å². The number of hydrogen-bond acceptors (Lipinski definition) is 4. The second kappa shape index (κ2) is 11.7. The summed E-state index contributed by atoms with van der Waals surface area (Å²) in [7, 11) is -3.69. The first kappa shape index (κ1) is 26.9. The van der Waals surface area contributed by atoms with E-state index in [0.717, 1.165) is 35.2 Å². The molecular weight excluding hydrogens is 457 g/mol. The molecule has 0 fully saturated rings. The number of hydrogen-bond donors (Lipinski definition) is 0. The molecule has 1 heterocycles. The van der Waals surface area contributed by atoms with Crippen molar-refractivity contribution in [2.24, 2.45) is 5.92 Å². The number of thiophene rings is 1. The van der Waals surface area contributed by atoms with Gasteiger partial charge in [-0.05, 0) is 55.7 Å². The number of halogens is 3. The van der Waals surface area contributed by atoms with E-state index in [-0.39, 0.29) is 25.1 Å². The third-order valence-electron chi connectivity index (χ3n) is 5.28. The molecule has 1 aromatic carbocycles. The molecule has 0 radical (unpaired) electrons. The highest BCUT2D eigenvalue weighted by Crippen LogP contribution is 2.39. The van der Waals surface area contributed by atoms with Gasteiger partial charge in [-0.2, -0.15) is 13.2 Å². The lowest BCUT2D eigenvalue weighted by atomic mass is 10.2. The molecule has 0 unspecified atom stereocenters. The summed E-state index contributed by atoms with van der Waals surface area (Å²) in [4.78, 5) is 2.15. The predicted octanol–water partition coefficient (Wildman–Crippen LogP) is 6.45. The van der Waals surface area contributed by atoms with Crippen LogP contribution in [0, 0.1) is 12.8 Å². The Bertz CT molecular complexity index is 956. The fraction of sp³-hybridized carbons (Fsp3) is 0.652.